The highest BCUT2D eigenvalue weighted by Crippen LogP contribution is 2.26. The molecule has 118 valence electrons. The molecular weight excluding hydrogens is 298 g/mol. The van der Waals surface area contributed by atoms with E-state index in [2.05, 4.69) is 30.9 Å². The van der Waals surface area contributed by atoms with E-state index in [4.69, 9.17) is 5.11 Å². The molecule has 0 atom stereocenters. The lowest BCUT2D eigenvalue weighted by Gasteiger charge is -2.20. The van der Waals surface area contributed by atoms with Gasteiger partial charge in [-0.25, -0.2) is 4.98 Å². The largest absolute Gasteiger partial charge is 0.395 e. The van der Waals surface area contributed by atoms with E-state index in [9.17, 15) is 4.79 Å². The topological polar surface area (TPSA) is 120 Å². The lowest BCUT2D eigenvalue weighted by atomic mass is 10.1. The molecule has 0 bridgehead atoms. The summed E-state index contributed by atoms with van der Waals surface area (Å²) in [5.41, 5.74) is 1.73. The van der Waals surface area contributed by atoms with Gasteiger partial charge in [0.15, 0.2) is 0 Å². The summed E-state index contributed by atoms with van der Waals surface area (Å²) in [6.45, 7) is 0.456. The molecular formula is C14H15N7O2. The van der Waals surface area contributed by atoms with Crippen LogP contribution >= 0.6 is 0 Å². The number of aromatic nitrogens is 5. The normalized spacial score (nSPS) is 10.7. The minimum absolute atomic E-state index is 0.0114. The Bertz CT molecular complexity index is 819. The summed E-state index contributed by atoms with van der Waals surface area (Å²) < 4.78 is 0. The van der Waals surface area contributed by atoms with Crippen molar-refractivity contribution in [3.63, 3.8) is 0 Å². The molecule has 0 saturated heterocycles. The second-order valence-electron chi connectivity index (χ2n) is 4.88. The van der Waals surface area contributed by atoms with Crippen molar-refractivity contribution in [1.29, 1.82) is 0 Å². The zero-order chi connectivity index (χ0) is 16.2. The van der Waals surface area contributed by atoms with E-state index in [1.54, 1.807) is 6.07 Å². The highest BCUT2D eigenvalue weighted by molar-refractivity contribution is 6.05. The molecule has 1 amide bonds. The van der Waals surface area contributed by atoms with Gasteiger partial charge in [0.05, 0.1) is 12.1 Å². The number of amides is 1. The quantitative estimate of drug-likeness (QED) is 0.624. The van der Waals surface area contributed by atoms with Gasteiger partial charge in [0.2, 0.25) is 0 Å². The van der Waals surface area contributed by atoms with E-state index in [0.717, 1.165) is 11.1 Å². The molecule has 2 heterocycles. The Labute approximate surface area is 131 Å². The number of rotatable bonds is 5. The smallest absolute Gasteiger partial charge is 0.276 e. The van der Waals surface area contributed by atoms with Crippen LogP contribution in [-0.2, 0) is 0 Å². The molecule has 0 unspecified atom stereocenters. The molecule has 0 aliphatic carbocycles. The number of hydrogen-bond donors (Lipinski definition) is 3. The summed E-state index contributed by atoms with van der Waals surface area (Å²) >= 11 is 0. The van der Waals surface area contributed by atoms with Gasteiger partial charge >= 0.3 is 0 Å². The lowest BCUT2D eigenvalue weighted by Crippen LogP contribution is -2.23. The molecule has 9 nitrogen and oxygen atoms in total. The monoisotopic (exact) mass is 313 g/mol. The Morgan fingerprint density at radius 1 is 1.39 bits per heavy atom. The van der Waals surface area contributed by atoms with Gasteiger partial charge in [-0.15, -0.1) is 5.10 Å². The van der Waals surface area contributed by atoms with Gasteiger partial charge in [-0.05, 0) is 17.3 Å². The van der Waals surface area contributed by atoms with Crippen molar-refractivity contribution < 1.29 is 9.90 Å². The molecule has 1 aromatic carbocycles. The van der Waals surface area contributed by atoms with Crippen LogP contribution in [-0.4, -0.2) is 56.8 Å². The number of aromatic amines is 1. The summed E-state index contributed by atoms with van der Waals surface area (Å²) in [5, 5.41) is 25.6. The number of nitrogens with one attached hydrogen (secondary N) is 2. The first kappa shape index (κ1) is 14.9. The molecule has 23 heavy (non-hydrogen) atoms. The SMILES string of the molecule is CN(CCO)c1cc(C(=O)Nc2nn[nH]n2)nc2ccccc12. The third-order valence-electron chi connectivity index (χ3n) is 3.34. The minimum Gasteiger partial charge on any atom is -0.395 e. The maximum atomic E-state index is 12.3. The van der Waals surface area contributed by atoms with Crippen LogP contribution in [0.1, 0.15) is 10.5 Å². The van der Waals surface area contributed by atoms with E-state index in [-0.39, 0.29) is 18.2 Å². The Kier molecular flexibility index (Phi) is 4.11. The van der Waals surface area contributed by atoms with Crippen molar-refractivity contribution in [1.82, 2.24) is 25.6 Å². The highest BCUT2D eigenvalue weighted by atomic mass is 16.3. The molecule has 3 rings (SSSR count). The summed E-state index contributed by atoms with van der Waals surface area (Å²) in [4.78, 5) is 18.6. The summed E-state index contributed by atoms with van der Waals surface area (Å²) in [6, 6.07) is 9.18. The summed E-state index contributed by atoms with van der Waals surface area (Å²) in [5.74, 6) is -0.356. The van der Waals surface area contributed by atoms with Gasteiger partial charge in [-0.1, -0.05) is 23.3 Å². The Morgan fingerprint density at radius 2 is 2.22 bits per heavy atom. The average molecular weight is 313 g/mol. The number of likely N-dealkylation sites (N-methyl/N-ethyl adjacent to an activating group) is 1. The number of hydrogen-bond acceptors (Lipinski definition) is 7. The van der Waals surface area contributed by atoms with E-state index >= 15 is 0 Å². The molecule has 0 saturated carbocycles. The first-order valence-electron chi connectivity index (χ1n) is 6.95. The molecule has 0 radical (unpaired) electrons. The number of H-pyrrole nitrogens is 1. The molecule has 3 aromatic rings. The molecule has 0 aliphatic heterocycles. The lowest BCUT2D eigenvalue weighted by molar-refractivity contribution is 0.102. The van der Waals surface area contributed by atoms with Crippen molar-refractivity contribution in [2.24, 2.45) is 0 Å². The van der Waals surface area contributed by atoms with Gasteiger partial charge in [-0.3, -0.25) is 10.1 Å². The van der Waals surface area contributed by atoms with Crippen LogP contribution in [0.5, 0.6) is 0 Å². The van der Waals surface area contributed by atoms with Crippen molar-refractivity contribution in [3.05, 3.63) is 36.0 Å². The highest BCUT2D eigenvalue weighted by Gasteiger charge is 2.15. The van der Waals surface area contributed by atoms with Crippen LogP contribution in [0, 0.1) is 0 Å². The zero-order valence-corrected chi connectivity index (χ0v) is 12.4. The molecule has 2 aromatic heterocycles. The molecule has 0 spiro atoms. The summed E-state index contributed by atoms with van der Waals surface area (Å²) in [7, 11) is 1.85. The predicted molar refractivity (Wildman–Crippen MR) is 84.2 cm³/mol. The van der Waals surface area contributed by atoms with Crippen molar-refractivity contribution in [2.75, 3.05) is 30.4 Å². The van der Waals surface area contributed by atoms with Gasteiger partial charge in [0.25, 0.3) is 11.9 Å². The third-order valence-corrected chi connectivity index (χ3v) is 3.34. The zero-order valence-electron chi connectivity index (χ0n) is 12.4. The Hall–Kier alpha value is -3.07. The van der Waals surface area contributed by atoms with E-state index in [1.165, 1.54) is 0 Å². The van der Waals surface area contributed by atoms with Gasteiger partial charge in [0, 0.05) is 24.7 Å². The molecule has 9 heteroatoms. The molecule has 3 N–H and O–H groups in total. The van der Waals surface area contributed by atoms with E-state index < -0.39 is 5.91 Å². The number of tetrazole rings is 1. The number of para-hydroxylation sites is 1. The fourth-order valence-electron chi connectivity index (χ4n) is 2.24. The molecule has 0 aliphatic rings. The first-order chi connectivity index (χ1) is 11.2. The van der Waals surface area contributed by atoms with Crippen LogP contribution in [0.4, 0.5) is 11.6 Å². The third kappa shape index (κ3) is 3.09. The van der Waals surface area contributed by atoms with E-state index in [0.29, 0.717) is 12.1 Å². The Morgan fingerprint density at radius 3 is 2.96 bits per heavy atom. The number of aliphatic hydroxyl groups excluding tert-OH is 1. The van der Waals surface area contributed by atoms with Gasteiger partial charge < -0.3 is 10.0 Å². The number of aliphatic hydroxyl groups is 1. The van der Waals surface area contributed by atoms with Crippen molar-refractivity contribution in [3.8, 4) is 0 Å². The van der Waals surface area contributed by atoms with Crippen LogP contribution in [0.15, 0.2) is 30.3 Å². The van der Waals surface area contributed by atoms with Crippen LogP contribution in [0.2, 0.25) is 0 Å². The van der Waals surface area contributed by atoms with Crippen LogP contribution in [0.25, 0.3) is 10.9 Å². The number of carbonyl (C=O) groups is 1. The van der Waals surface area contributed by atoms with Crippen LogP contribution in [0.3, 0.4) is 0 Å². The predicted octanol–water partition coefficient (Wildman–Crippen LogP) is 0.429. The van der Waals surface area contributed by atoms with Gasteiger partial charge in [-0.2, -0.15) is 5.21 Å². The maximum absolute atomic E-state index is 12.3. The number of carbonyl (C=O) groups excluding carboxylic acids is 1. The second-order valence-corrected chi connectivity index (χ2v) is 4.88. The van der Waals surface area contributed by atoms with Crippen molar-refractivity contribution in [2.45, 2.75) is 0 Å². The average Bonchev–Trinajstić information content (AvgIpc) is 3.07. The van der Waals surface area contributed by atoms with Gasteiger partial charge in [0.1, 0.15) is 5.69 Å². The Balaban J connectivity index is 2.02. The molecule has 0 fully saturated rings. The standard InChI is InChI=1S/C14H15N7O2/c1-21(6-7-22)12-8-11(13(23)16-14-17-19-20-18-14)15-10-5-3-2-4-9(10)12/h2-5,8,22H,6-7H2,1H3,(H2,16,17,18,19,20,23). The number of anilines is 2. The van der Waals surface area contributed by atoms with Crippen LogP contribution < -0.4 is 10.2 Å². The fraction of sp³-hybridized carbons (Fsp3) is 0.214. The van der Waals surface area contributed by atoms with E-state index in [1.807, 2.05) is 36.2 Å². The number of nitrogens with zero attached hydrogens (tertiary/aromatic N) is 5. The van der Waals surface area contributed by atoms with Crippen molar-refractivity contribution >= 4 is 28.4 Å². The second kappa shape index (κ2) is 6.36. The fourth-order valence-corrected chi connectivity index (χ4v) is 2.24. The number of fused-ring (bicyclic) bond motifs is 1. The number of pyridine rings is 1. The first-order valence-corrected chi connectivity index (χ1v) is 6.95. The number of benzene rings is 1. The maximum Gasteiger partial charge on any atom is 0.276 e. The summed E-state index contributed by atoms with van der Waals surface area (Å²) in [6.07, 6.45) is 0. The minimum atomic E-state index is -0.434.